The van der Waals surface area contributed by atoms with Crippen molar-refractivity contribution in [1.82, 2.24) is 15.2 Å². The minimum absolute atomic E-state index is 0.108. The van der Waals surface area contributed by atoms with E-state index in [1.807, 2.05) is 18.2 Å². The van der Waals surface area contributed by atoms with Gasteiger partial charge in [0.2, 0.25) is 6.79 Å². The maximum absolute atomic E-state index is 13.0. The van der Waals surface area contributed by atoms with E-state index >= 15 is 0 Å². The van der Waals surface area contributed by atoms with Gasteiger partial charge in [-0.2, -0.15) is 0 Å². The number of pyridine rings is 1. The Morgan fingerprint density at radius 2 is 2.11 bits per heavy atom. The summed E-state index contributed by atoms with van der Waals surface area (Å²) < 4.78 is 17.6. The standard InChI is InChI=1S/C20H23N3O5/c1-12-5-6-23(10-13-3-4-15-16(7-13)28-11-27-15)20(25)18(12)19(24)22-14-8-21-9-17(14)26-2/h3-7,14,17,21H,8-11H2,1-2H3,(H,22,24)/t14-,17-/m0/s1. The van der Waals surface area contributed by atoms with Crippen LogP contribution >= 0.6 is 0 Å². The molecule has 2 N–H and O–H groups in total. The molecule has 8 nitrogen and oxygen atoms in total. The first-order chi connectivity index (χ1) is 13.6. The number of nitrogens with one attached hydrogen (secondary N) is 2. The molecule has 1 fully saturated rings. The third-order valence-electron chi connectivity index (χ3n) is 5.17. The topological polar surface area (TPSA) is 90.8 Å². The maximum atomic E-state index is 13.0. The van der Waals surface area contributed by atoms with Crippen molar-refractivity contribution in [3.05, 3.63) is 57.5 Å². The first-order valence-electron chi connectivity index (χ1n) is 9.20. The first-order valence-corrected chi connectivity index (χ1v) is 9.20. The number of benzene rings is 1. The molecular weight excluding hydrogens is 362 g/mol. The van der Waals surface area contributed by atoms with Crippen molar-refractivity contribution in [3.63, 3.8) is 0 Å². The number of fused-ring (bicyclic) bond motifs is 1. The Kier molecular flexibility index (Phi) is 5.06. The van der Waals surface area contributed by atoms with Crippen molar-refractivity contribution in [3.8, 4) is 11.5 Å². The summed E-state index contributed by atoms with van der Waals surface area (Å²) in [5, 5.41) is 6.11. The number of ether oxygens (including phenoxy) is 3. The lowest BCUT2D eigenvalue weighted by Gasteiger charge is -2.19. The fourth-order valence-corrected chi connectivity index (χ4v) is 3.59. The number of carbonyl (C=O) groups excluding carboxylic acids is 1. The van der Waals surface area contributed by atoms with Gasteiger partial charge in [0.1, 0.15) is 5.56 Å². The van der Waals surface area contributed by atoms with Gasteiger partial charge < -0.3 is 29.4 Å². The minimum Gasteiger partial charge on any atom is -0.454 e. The van der Waals surface area contributed by atoms with Gasteiger partial charge in [0.15, 0.2) is 11.5 Å². The lowest BCUT2D eigenvalue weighted by molar-refractivity contribution is 0.0778. The van der Waals surface area contributed by atoms with Gasteiger partial charge in [0.05, 0.1) is 18.7 Å². The SMILES string of the molecule is CO[C@H]1CNC[C@@H]1NC(=O)c1c(C)ccn(Cc2ccc3c(c2)OCO3)c1=O. The Bertz CT molecular complexity index is 955. The molecule has 1 aromatic carbocycles. The summed E-state index contributed by atoms with van der Waals surface area (Å²) in [6, 6.07) is 7.17. The summed E-state index contributed by atoms with van der Waals surface area (Å²) in [6.07, 6.45) is 1.59. The summed E-state index contributed by atoms with van der Waals surface area (Å²) in [4.78, 5) is 25.8. The summed E-state index contributed by atoms with van der Waals surface area (Å²) in [6.45, 7) is 3.58. The fourth-order valence-electron chi connectivity index (χ4n) is 3.59. The average molecular weight is 385 g/mol. The third kappa shape index (κ3) is 3.48. The Morgan fingerprint density at radius 1 is 1.29 bits per heavy atom. The minimum atomic E-state index is -0.377. The zero-order valence-electron chi connectivity index (χ0n) is 15.9. The Morgan fingerprint density at radius 3 is 2.93 bits per heavy atom. The highest BCUT2D eigenvalue weighted by molar-refractivity contribution is 5.95. The number of hydrogen-bond acceptors (Lipinski definition) is 6. The molecule has 2 aliphatic heterocycles. The van der Waals surface area contributed by atoms with E-state index in [2.05, 4.69) is 10.6 Å². The smallest absolute Gasteiger partial charge is 0.263 e. The molecule has 0 spiro atoms. The molecule has 2 aliphatic rings. The normalized spacial score (nSPS) is 20.4. The number of methoxy groups -OCH3 is 1. The number of carbonyl (C=O) groups is 1. The molecule has 2 atom stereocenters. The van der Waals surface area contributed by atoms with E-state index in [0.29, 0.717) is 36.7 Å². The molecule has 8 heteroatoms. The van der Waals surface area contributed by atoms with Gasteiger partial charge >= 0.3 is 0 Å². The zero-order chi connectivity index (χ0) is 19.7. The maximum Gasteiger partial charge on any atom is 0.263 e. The van der Waals surface area contributed by atoms with Gasteiger partial charge in [-0.3, -0.25) is 9.59 Å². The number of aryl methyl sites for hydroxylation is 1. The van der Waals surface area contributed by atoms with Crippen LogP contribution in [0.1, 0.15) is 21.5 Å². The molecule has 28 heavy (non-hydrogen) atoms. The van der Waals surface area contributed by atoms with E-state index in [1.165, 1.54) is 4.57 Å². The van der Waals surface area contributed by atoms with Gasteiger partial charge in [0.25, 0.3) is 11.5 Å². The molecule has 0 unspecified atom stereocenters. The number of aromatic nitrogens is 1. The molecule has 3 heterocycles. The predicted molar refractivity (Wildman–Crippen MR) is 102 cm³/mol. The molecule has 4 rings (SSSR count). The van der Waals surface area contributed by atoms with E-state index in [0.717, 1.165) is 5.56 Å². The second-order valence-corrected chi connectivity index (χ2v) is 7.01. The molecule has 1 aromatic heterocycles. The van der Waals surface area contributed by atoms with Crippen LogP contribution < -0.4 is 25.7 Å². The summed E-state index contributed by atoms with van der Waals surface area (Å²) in [7, 11) is 1.61. The number of nitrogens with zero attached hydrogens (tertiary/aromatic N) is 1. The van der Waals surface area contributed by atoms with Crippen LogP contribution in [0.4, 0.5) is 0 Å². The van der Waals surface area contributed by atoms with E-state index in [-0.39, 0.29) is 36.0 Å². The van der Waals surface area contributed by atoms with E-state index in [4.69, 9.17) is 14.2 Å². The fraction of sp³-hybridized carbons (Fsp3) is 0.400. The van der Waals surface area contributed by atoms with Gasteiger partial charge in [0, 0.05) is 26.4 Å². The van der Waals surface area contributed by atoms with E-state index in [9.17, 15) is 9.59 Å². The van der Waals surface area contributed by atoms with Crippen molar-refractivity contribution in [2.75, 3.05) is 27.0 Å². The van der Waals surface area contributed by atoms with Crippen molar-refractivity contribution in [1.29, 1.82) is 0 Å². The quantitative estimate of drug-likeness (QED) is 0.786. The van der Waals surface area contributed by atoms with Gasteiger partial charge in [-0.15, -0.1) is 0 Å². The summed E-state index contributed by atoms with van der Waals surface area (Å²) >= 11 is 0. The average Bonchev–Trinajstić information content (AvgIpc) is 3.32. The van der Waals surface area contributed by atoms with Crippen molar-refractivity contribution >= 4 is 5.91 Å². The highest BCUT2D eigenvalue weighted by atomic mass is 16.7. The van der Waals surface area contributed by atoms with Crippen LogP contribution in [-0.4, -0.2) is 49.6 Å². The Labute approximate surface area is 162 Å². The van der Waals surface area contributed by atoms with Gasteiger partial charge in [-0.25, -0.2) is 0 Å². The third-order valence-corrected chi connectivity index (χ3v) is 5.17. The van der Waals surface area contributed by atoms with Crippen LogP contribution in [0.3, 0.4) is 0 Å². The van der Waals surface area contributed by atoms with Crippen LogP contribution in [-0.2, 0) is 11.3 Å². The molecule has 0 bridgehead atoms. The molecule has 148 valence electrons. The Hall–Kier alpha value is -2.84. The number of rotatable bonds is 5. The lowest BCUT2D eigenvalue weighted by atomic mass is 10.1. The molecule has 1 amide bonds. The second-order valence-electron chi connectivity index (χ2n) is 7.01. The molecule has 0 aliphatic carbocycles. The molecule has 1 saturated heterocycles. The van der Waals surface area contributed by atoms with Crippen molar-refractivity contribution in [2.45, 2.75) is 25.6 Å². The highest BCUT2D eigenvalue weighted by Crippen LogP contribution is 2.32. The molecule has 0 saturated carbocycles. The van der Waals surface area contributed by atoms with E-state index in [1.54, 1.807) is 26.3 Å². The summed E-state index contributed by atoms with van der Waals surface area (Å²) in [5.41, 5.74) is 1.37. The second kappa shape index (κ2) is 7.65. The van der Waals surface area contributed by atoms with Crippen LogP contribution in [0, 0.1) is 6.92 Å². The van der Waals surface area contributed by atoms with E-state index < -0.39 is 0 Å². The predicted octanol–water partition coefficient (Wildman–Crippen LogP) is 0.650. The van der Waals surface area contributed by atoms with Gasteiger partial charge in [-0.05, 0) is 36.2 Å². The number of amides is 1. The van der Waals surface area contributed by atoms with Crippen molar-refractivity contribution < 1.29 is 19.0 Å². The monoisotopic (exact) mass is 385 g/mol. The molecular formula is C20H23N3O5. The Balaban J connectivity index is 1.57. The summed E-state index contributed by atoms with van der Waals surface area (Å²) in [5.74, 6) is 0.978. The van der Waals surface area contributed by atoms with Gasteiger partial charge in [-0.1, -0.05) is 6.07 Å². The van der Waals surface area contributed by atoms with Crippen LogP contribution in [0.2, 0.25) is 0 Å². The van der Waals surface area contributed by atoms with Crippen LogP contribution in [0.15, 0.2) is 35.3 Å². The molecule has 0 radical (unpaired) electrons. The first kappa shape index (κ1) is 18.5. The lowest BCUT2D eigenvalue weighted by Crippen LogP contribution is -2.45. The van der Waals surface area contributed by atoms with Crippen LogP contribution in [0.5, 0.6) is 11.5 Å². The number of hydrogen-bond donors (Lipinski definition) is 2. The van der Waals surface area contributed by atoms with Crippen molar-refractivity contribution in [2.24, 2.45) is 0 Å². The largest absolute Gasteiger partial charge is 0.454 e. The van der Waals surface area contributed by atoms with Crippen LogP contribution in [0.25, 0.3) is 0 Å². The molecule has 2 aromatic rings. The highest BCUT2D eigenvalue weighted by Gasteiger charge is 2.29. The zero-order valence-corrected chi connectivity index (χ0v) is 15.9.